The monoisotopic (exact) mass is 236 g/mol. The maximum absolute atomic E-state index is 2.46. The first-order valence-corrected chi connectivity index (χ1v) is 6.62. The normalized spacial score (nSPS) is 29.0. The molecule has 2 saturated heterocycles. The van der Waals surface area contributed by atoms with Gasteiger partial charge in [-0.05, 0) is 23.1 Å². The van der Waals surface area contributed by atoms with Gasteiger partial charge < -0.3 is 0 Å². The number of hydrogen-bond donors (Lipinski definition) is 0. The van der Waals surface area contributed by atoms with Crippen molar-refractivity contribution in [3.05, 3.63) is 60.2 Å². The molecule has 2 nitrogen and oxygen atoms in total. The molecule has 2 atom stereocenters. The fourth-order valence-corrected chi connectivity index (χ4v) is 2.96. The topological polar surface area (TPSA) is 6.02 Å². The van der Waals surface area contributed by atoms with Gasteiger partial charge in [-0.2, -0.15) is 0 Å². The molecule has 18 heavy (non-hydrogen) atoms. The van der Waals surface area contributed by atoms with E-state index in [4.69, 9.17) is 0 Å². The Kier molecular flexibility index (Phi) is 2.25. The summed E-state index contributed by atoms with van der Waals surface area (Å²) in [5.74, 6) is 0. The standard InChI is InChI=1S/C16H16N2/c1-2-5-13(6-3-1)14-7-9-15(10-8-14)16-17-11-4-12-18(16)17/h1-3,5-10,16H,4,11-12H2. The van der Waals surface area contributed by atoms with Crippen LogP contribution in [0, 0.1) is 0 Å². The van der Waals surface area contributed by atoms with Gasteiger partial charge in [0.25, 0.3) is 0 Å². The van der Waals surface area contributed by atoms with Crippen molar-refractivity contribution in [3.63, 3.8) is 0 Å². The van der Waals surface area contributed by atoms with Gasteiger partial charge in [0, 0.05) is 13.1 Å². The fourth-order valence-electron chi connectivity index (χ4n) is 2.96. The van der Waals surface area contributed by atoms with E-state index in [0.29, 0.717) is 6.17 Å². The van der Waals surface area contributed by atoms with Crippen molar-refractivity contribution in [1.82, 2.24) is 10.0 Å². The molecule has 90 valence electrons. The zero-order chi connectivity index (χ0) is 11.9. The largest absolute Gasteiger partial charge is 0.217 e. The smallest absolute Gasteiger partial charge is 0.115 e. The van der Waals surface area contributed by atoms with E-state index in [-0.39, 0.29) is 0 Å². The lowest BCUT2D eigenvalue weighted by Gasteiger charge is -2.04. The number of fused-ring (bicyclic) bond motifs is 1. The molecule has 2 aromatic carbocycles. The Morgan fingerprint density at radius 2 is 1.33 bits per heavy atom. The number of rotatable bonds is 2. The maximum atomic E-state index is 2.46. The number of benzene rings is 2. The van der Waals surface area contributed by atoms with Crippen LogP contribution in [0.15, 0.2) is 54.6 Å². The minimum Gasteiger partial charge on any atom is -0.217 e. The number of nitrogens with zero attached hydrogens (tertiary/aromatic N) is 2. The Hall–Kier alpha value is -1.64. The number of hydrazine groups is 1. The first-order valence-electron chi connectivity index (χ1n) is 6.62. The average Bonchev–Trinajstić information content (AvgIpc) is 2.92. The molecule has 0 aliphatic carbocycles. The summed E-state index contributed by atoms with van der Waals surface area (Å²) >= 11 is 0. The first-order chi connectivity index (χ1) is 8.93. The van der Waals surface area contributed by atoms with Crippen molar-refractivity contribution in [1.29, 1.82) is 0 Å². The molecule has 0 saturated carbocycles. The van der Waals surface area contributed by atoms with Gasteiger partial charge in [0.05, 0.1) is 0 Å². The Morgan fingerprint density at radius 1 is 0.722 bits per heavy atom. The summed E-state index contributed by atoms with van der Waals surface area (Å²) in [6, 6.07) is 19.6. The summed E-state index contributed by atoms with van der Waals surface area (Å²) in [7, 11) is 0. The molecular formula is C16H16N2. The summed E-state index contributed by atoms with van der Waals surface area (Å²) in [5.41, 5.74) is 4.02. The van der Waals surface area contributed by atoms with Crippen molar-refractivity contribution < 1.29 is 0 Å². The predicted octanol–water partition coefficient (Wildman–Crippen LogP) is 3.29. The van der Waals surface area contributed by atoms with Crippen LogP contribution in [0.4, 0.5) is 0 Å². The van der Waals surface area contributed by atoms with E-state index in [1.165, 1.54) is 36.2 Å². The molecule has 2 heteroatoms. The van der Waals surface area contributed by atoms with Crippen LogP contribution in [0.5, 0.6) is 0 Å². The SMILES string of the molecule is c1ccc(-c2ccc(C3N4CCCN34)cc2)cc1. The van der Waals surface area contributed by atoms with Crippen LogP contribution in [0.2, 0.25) is 0 Å². The third kappa shape index (κ3) is 1.57. The molecule has 2 unspecified atom stereocenters. The van der Waals surface area contributed by atoms with Crippen molar-refractivity contribution in [3.8, 4) is 11.1 Å². The Morgan fingerprint density at radius 3 is 2.00 bits per heavy atom. The maximum Gasteiger partial charge on any atom is 0.115 e. The molecule has 0 aromatic heterocycles. The molecule has 4 rings (SSSR count). The highest BCUT2D eigenvalue weighted by Gasteiger charge is 2.48. The highest BCUT2D eigenvalue weighted by molar-refractivity contribution is 5.63. The van der Waals surface area contributed by atoms with Gasteiger partial charge in [0.15, 0.2) is 0 Å². The molecule has 2 aliphatic heterocycles. The average molecular weight is 236 g/mol. The van der Waals surface area contributed by atoms with E-state index in [0.717, 1.165) is 0 Å². The van der Waals surface area contributed by atoms with Crippen molar-refractivity contribution in [2.24, 2.45) is 0 Å². The van der Waals surface area contributed by atoms with Gasteiger partial charge in [-0.15, -0.1) is 0 Å². The van der Waals surface area contributed by atoms with Gasteiger partial charge in [-0.3, -0.25) is 0 Å². The summed E-state index contributed by atoms with van der Waals surface area (Å²) in [6.45, 7) is 2.45. The molecule has 2 heterocycles. The molecule has 0 bridgehead atoms. The minimum atomic E-state index is 0.559. The Balaban J connectivity index is 1.59. The fraction of sp³-hybridized carbons (Fsp3) is 0.250. The summed E-state index contributed by atoms with van der Waals surface area (Å²) in [4.78, 5) is 0. The third-order valence-corrected chi connectivity index (χ3v) is 3.93. The Bertz CT molecular complexity index is 537. The highest BCUT2D eigenvalue weighted by atomic mass is 15.9. The van der Waals surface area contributed by atoms with Crippen molar-refractivity contribution in [2.45, 2.75) is 12.6 Å². The van der Waals surface area contributed by atoms with Crippen molar-refractivity contribution in [2.75, 3.05) is 13.1 Å². The third-order valence-electron chi connectivity index (χ3n) is 3.93. The second-order valence-electron chi connectivity index (χ2n) is 5.04. The lowest BCUT2D eigenvalue weighted by Crippen LogP contribution is -1.99. The second-order valence-corrected chi connectivity index (χ2v) is 5.04. The number of hydrogen-bond acceptors (Lipinski definition) is 2. The lowest BCUT2D eigenvalue weighted by atomic mass is 10.0. The van der Waals surface area contributed by atoms with Crippen molar-refractivity contribution >= 4 is 0 Å². The minimum absolute atomic E-state index is 0.559. The van der Waals surface area contributed by atoms with Crippen LogP contribution in [0.1, 0.15) is 18.2 Å². The molecule has 2 fully saturated rings. The van der Waals surface area contributed by atoms with E-state index in [1.807, 2.05) is 0 Å². The second kappa shape index (κ2) is 3.94. The van der Waals surface area contributed by atoms with Gasteiger partial charge >= 0.3 is 0 Å². The lowest BCUT2D eigenvalue weighted by molar-refractivity contribution is 0.412. The van der Waals surface area contributed by atoms with Gasteiger partial charge in [0.1, 0.15) is 6.17 Å². The van der Waals surface area contributed by atoms with Crippen LogP contribution in [0.3, 0.4) is 0 Å². The molecular weight excluding hydrogens is 220 g/mol. The highest BCUT2D eigenvalue weighted by Crippen LogP contribution is 2.44. The molecule has 0 spiro atoms. The van der Waals surface area contributed by atoms with E-state index in [1.54, 1.807) is 0 Å². The van der Waals surface area contributed by atoms with E-state index >= 15 is 0 Å². The van der Waals surface area contributed by atoms with E-state index < -0.39 is 0 Å². The molecule has 2 aliphatic rings. The first kappa shape index (κ1) is 10.3. The van der Waals surface area contributed by atoms with Crippen LogP contribution < -0.4 is 0 Å². The van der Waals surface area contributed by atoms with Gasteiger partial charge in [-0.1, -0.05) is 54.6 Å². The summed E-state index contributed by atoms with van der Waals surface area (Å²) in [5, 5.41) is 4.91. The summed E-state index contributed by atoms with van der Waals surface area (Å²) < 4.78 is 0. The molecule has 0 amide bonds. The zero-order valence-corrected chi connectivity index (χ0v) is 10.3. The summed E-state index contributed by atoms with van der Waals surface area (Å²) in [6.07, 6.45) is 1.88. The van der Waals surface area contributed by atoms with E-state index in [2.05, 4.69) is 64.6 Å². The predicted molar refractivity (Wildman–Crippen MR) is 72.6 cm³/mol. The van der Waals surface area contributed by atoms with Crippen LogP contribution in [-0.4, -0.2) is 23.1 Å². The Labute approximate surface area is 107 Å². The molecule has 0 N–H and O–H groups in total. The van der Waals surface area contributed by atoms with Crippen LogP contribution in [-0.2, 0) is 0 Å². The molecule has 2 aromatic rings. The van der Waals surface area contributed by atoms with Gasteiger partial charge in [0.2, 0.25) is 0 Å². The van der Waals surface area contributed by atoms with E-state index in [9.17, 15) is 0 Å². The quantitative estimate of drug-likeness (QED) is 0.738. The van der Waals surface area contributed by atoms with Crippen LogP contribution >= 0.6 is 0 Å². The van der Waals surface area contributed by atoms with Crippen LogP contribution in [0.25, 0.3) is 11.1 Å². The van der Waals surface area contributed by atoms with Gasteiger partial charge in [-0.25, -0.2) is 10.0 Å². The molecule has 0 radical (unpaired) electrons. The zero-order valence-electron chi connectivity index (χ0n) is 10.3.